The lowest BCUT2D eigenvalue weighted by atomic mass is 10.4. The average Bonchev–Trinajstić information content (AvgIpc) is 3.10. The van der Waals surface area contributed by atoms with Crippen molar-refractivity contribution in [3.05, 3.63) is 33.1 Å². The Kier molecular flexibility index (Phi) is 3.82. The van der Waals surface area contributed by atoms with E-state index < -0.39 is 10.0 Å². The van der Waals surface area contributed by atoms with E-state index in [4.69, 9.17) is 0 Å². The van der Waals surface area contributed by atoms with Crippen LogP contribution in [0.2, 0.25) is 0 Å². The monoisotopic (exact) mass is 342 g/mol. The number of rotatable bonds is 5. The fraction of sp³-hybridized carbons (Fsp3) is 0.333. The molecule has 6 nitrogen and oxygen atoms in total. The highest BCUT2D eigenvalue weighted by molar-refractivity contribution is 7.89. The summed E-state index contributed by atoms with van der Waals surface area (Å²) in [7, 11) is -3.65. The molecule has 0 aromatic carbocycles. The van der Waals surface area contributed by atoms with Crippen LogP contribution < -0.4 is 4.72 Å². The first kappa shape index (κ1) is 14.6. The molecule has 0 unspecified atom stereocenters. The van der Waals surface area contributed by atoms with Gasteiger partial charge in [-0.3, -0.25) is 0 Å². The van der Waals surface area contributed by atoms with Crippen molar-refractivity contribution in [3.63, 3.8) is 0 Å². The molecule has 3 aromatic heterocycles. The number of aryl methyl sites for hydroxylation is 2. The van der Waals surface area contributed by atoms with Crippen LogP contribution in [-0.2, 0) is 23.0 Å². The van der Waals surface area contributed by atoms with Gasteiger partial charge in [-0.2, -0.15) is 9.61 Å². The number of nitrogens with zero attached hydrogens (tertiary/aromatic N) is 3. The third kappa shape index (κ3) is 2.73. The molecular weight excluding hydrogens is 328 g/mol. The lowest BCUT2D eigenvalue weighted by Crippen LogP contribution is -2.25. The largest absolute Gasteiger partial charge is 0.260 e. The third-order valence-corrected chi connectivity index (χ3v) is 6.08. The molecule has 0 saturated carbocycles. The van der Waals surface area contributed by atoms with Gasteiger partial charge in [0.25, 0.3) is 10.0 Å². The Bertz CT molecular complexity index is 862. The van der Waals surface area contributed by atoms with E-state index in [-0.39, 0.29) is 11.6 Å². The smallest absolute Gasteiger partial charge is 0.221 e. The minimum Gasteiger partial charge on any atom is -0.221 e. The average molecular weight is 342 g/mol. The summed E-state index contributed by atoms with van der Waals surface area (Å²) in [5.74, 6) is 0. The van der Waals surface area contributed by atoms with Crippen molar-refractivity contribution in [2.45, 2.75) is 31.8 Å². The molecular formula is C12H14N4O2S3. The zero-order valence-electron chi connectivity index (χ0n) is 11.5. The van der Waals surface area contributed by atoms with E-state index >= 15 is 0 Å². The number of imidazole rings is 1. The molecule has 0 saturated heterocycles. The number of fused-ring (bicyclic) bond motifs is 1. The fourth-order valence-electron chi connectivity index (χ4n) is 2.01. The van der Waals surface area contributed by atoms with Crippen LogP contribution in [0.1, 0.15) is 22.5 Å². The molecule has 0 aliphatic carbocycles. The van der Waals surface area contributed by atoms with E-state index in [1.807, 2.05) is 31.4 Å². The van der Waals surface area contributed by atoms with Gasteiger partial charge in [0.15, 0.2) is 5.03 Å². The van der Waals surface area contributed by atoms with Crippen molar-refractivity contribution in [2.24, 2.45) is 0 Å². The standard InChI is InChI=1S/C12H14N4O2S3/c1-3-10-11(16-12(14-10)20-8(2)15-16)21(17,18)13-7-9-5-4-6-19-9/h4-6,13H,3,7H2,1-2H3. The quantitative estimate of drug-likeness (QED) is 0.771. The number of aromatic nitrogens is 3. The molecule has 21 heavy (non-hydrogen) atoms. The van der Waals surface area contributed by atoms with Gasteiger partial charge in [-0.05, 0) is 24.8 Å². The van der Waals surface area contributed by atoms with Gasteiger partial charge in [0, 0.05) is 11.4 Å². The van der Waals surface area contributed by atoms with Crippen LogP contribution >= 0.6 is 22.7 Å². The number of thiophene rings is 1. The van der Waals surface area contributed by atoms with Crippen LogP contribution in [-0.4, -0.2) is 23.0 Å². The summed E-state index contributed by atoms with van der Waals surface area (Å²) in [5.41, 5.74) is 0.549. The first-order valence-corrected chi connectivity index (χ1v) is 9.56. The van der Waals surface area contributed by atoms with Crippen molar-refractivity contribution in [3.8, 4) is 0 Å². The van der Waals surface area contributed by atoms with Gasteiger partial charge in [0.1, 0.15) is 5.01 Å². The van der Waals surface area contributed by atoms with Crippen molar-refractivity contribution in [1.29, 1.82) is 0 Å². The van der Waals surface area contributed by atoms with Gasteiger partial charge in [-0.25, -0.2) is 18.1 Å². The second-order valence-corrected chi connectivity index (χ2v) is 8.31. The van der Waals surface area contributed by atoms with Crippen LogP contribution in [0.5, 0.6) is 0 Å². The highest BCUT2D eigenvalue weighted by Gasteiger charge is 2.26. The number of hydrogen-bond donors (Lipinski definition) is 1. The van der Waals surface area contributed by atoms with E-state index in [0.29, 0.717) is 17.1 Å². The van der Waals surface area contributed by atoms with E-state index in [2.05, 4.69) is 14.8 Å². The summed E-state index contributed by atoms with van der Waals surface area (Å²) in [4.78, 5) is 5.94. The Balaban J connectivity index is 2.00. The van der Waals surface area contributed by atoms with Crippen LogP contribution in [0.15, 0.2) is 22.5 Å². The molecule has 3 aromatic rings. The number of sulfonamides is 1. The summed E-state index contributed by atoms with van der Waals surface area (Å²) in [5, 5.41) is 7.11. The highest BCUT2D eigenvalue weighted by Crippen LogP contribution is 2.23. The Morgan fingerprint density at radius 3 is 2.90 bits per heavy atom. The Hall–Kier alpha value is -1.29. The maximum Gasteiger partial charge on any atom is 0.260 e. The summed E-state index contributed by atoms with van der Waals surface area (Å²) in [6.07, 6.45) is 0.546. The predicted molar refractivity (Wildman–Crippen MR) is 83.3 cm³/mol. The first-order valence-electron chi connectivity index (χ1n) is 6.38. The van der Waals surface area contributed by atoms with Gasteiger partial charge in [0.2, 0.25) is 4.96 Å². The van der Waals surface area contributed by atoms with E-state index in [9.17, 15) is 8.42 Å². The molecule has 0 fully saturated rings. The van der Waals surface area contributed by atoms with Gasteiger partial charge in [-0.15, -0.1) is 11.3 Å². The predicted octanol–water partition coefficient (Wildman–Crippen LogP) is 2.20. The van der Waals surface area contributed by atoms with Gasteiger partial charge >= 0.3 is 0 Å². The van der Waals surface area contributed by atoms with Gasteiger partial charge in [0.05, 0.1) is 5.69 Å². The van der Waals surface area contributed by atoms with Crippen LogP contribution in [0.25, 0.3) is 4.96 Å². The molecule has 0 aliphatic rings. The molecule has 0 atom stereocenters. The topological polar surface area (TPSA) is 76.4 Å². The maximum absolute atomic E-state index is 12.6. The van der Waals surface area contributed by atoms with Crippen molar-refractivity contribution < 1.29 is 8.42 Å². The van der Waals surface area contributed by atoms with Crippen molar-refractivity contribution in [1.82, 2.24) is 19.3 Å². The molecule has 112 valence electrons. The summed E-state index contributed by atoms with van der Waals surface area (Å²) < 4.78 is 29.2. The Morgan fingerprint density at radius 1 is 1.43 bits per heavy atom. The normalized spacial score (nSPS) is 12.3. The van der Waals surface area contributed by atoms with Crippen LogP contribution in [0.3, 0.4) is 0 Å². The number of hydrogen-bond acceptors (Lipinski definition) is 6. The molecule has 3 heterocycles. The zero-order chi connectivity index (χ0) is 15.0. The minimum atomic E-state index is -3.65. The molecule has 0 radical (unpaired) electrons. The van der Waals surface area contributed by atoms with Crippen molar-refractivity contribution in [2.75, 3.05) is 0 Å². The first-order chi connectivity index (χ1) is 10.0. The fourth-order valence-corrected chi connectivity index (χ4v) is 4.91. The Labute approximate surface area is 130 Å². The molecule has 3 rings (SSSR count). The third-order valence-electron chi connectivity index (χ3n) is 2.94. The minimum absolute atomic E-state index is 0.154. The highest BCUT2D eigenvalue weighted by atomic mass is 32.2. The van der Waals surface area contributed by atoms with E-state index in [1.54, 1.807) is 0 Å². The molecule has 9 heteroatoms. The molecule has 0 amide bonds. The van der Waals surface area contributed by atoms with E-state index in [1.165, 1.54) is 27.2 Å². The SMILES string of the molecule is CCc1nc2sc(C)nn2c1S(=O)(=O)NCc1cccs1. The second kappa shape index (κ2) is 5.48. The lowest BCUT2D eigenvalue weighted by Gasteiger charge is -2.05. The van der Waals surface area contributed by atoms with Crippen LogP contribution in [0.4, 0.5) is 0 Å². The summed E-state index contributed by atoms with van der Waals surface area (Å²) in [6.45, 7) is 4.00. The van der Waals surface area contributed by atoms with Crippen LogP contribution in [0, 0.1) is 6.92 Å². The van der Waals surface area contributed by atoms with Gasteiger partial charge in [-0.1, -0.05) is 24.3 Å². The summed E-state index contributed by atoms with van der Waals surface area (Å²) in [6, 6.07) is 3.79. The molecule has 1 N–H and O–H groups in total. The zero-order valence-corrected chi connectivity index (χ0v) is 14.0. The molecule has 0 spiro atoms. The second-order valence-electron chi connectivity index (χ2n) is 4.44. The van der Waals surface area contributed by atoms with E-state index in [0.717, 1.165) is 9.88 Å². The number of nitrogens with one attached hydrogen (secondary N) is 1. The maximum atomic E-state index is 12.6. The van der Waals surface area contributed by atoms with Gasteiger partial charge < -0.3 is 0 Å². The molecule has 0 aliphatic heterocycles. The lowest BCUT2D eigenvalue weighted by molar-refractivity contribution is 0.572. The summed E-state index contributed by atoms with van der Waals surface area (Å²) >= 11 is 2.90. The Morgan fingerprint density at radius 2 is 2.24 bits per heavy atom. The van der Waals surface area contributed by atoms with Crippen molar-refractivity contribution >= 4 is 37.7 Å². The molecule has 0 bridgehead atoms.